The van der Waals surface area contributed by atoms with Gasteiger partial charge in [0.2, 0.25) is 15.9 Å². The maximum absolute atomic E-state index is 13.3. The van der Waals surface area contributed by atoms with Gasteiger partial charge in [0.25, 0.3) is 0 Å². The lowest BCUT2D eigenvalue weighted by Gasteiger charge is -2.29. The number of carbonyl (C=O) groups is 1. The van der Waals surface area contributed by atoms with E-state index in [9.17, 15) is 13.2 Å². The van der Waals surface area contributed by atoms with E-state index in [-0.39, 0.29) is 18.4 Å². The summed E-state index contributed by atoms with van der Waals surface area (Å²) in [6.07, 6.45) is 5.10. The highest BCUT2D eigenvalue weighted by Crippen LogP contribution is 2.30. The van der Waals surface area contributed by atoms with Crippen molar-refractivity contribution in [2.75, 3.05) is 13.1 Å². The summed E-state index contributed by atoms with van der Waals surface area (Å²) >= 11 is 0. The van der Waals surface area contributed by atoms with Crippen molar-refractivity contribution in [2.24, 2.45) is 5.92 Å². The fourth-order valence-corrected chi connectivity index (χ4v) is 6.85. The minimum Gasteiger partial charge on any atom is -0.349 e. The first-order chi connectivity index (χ1) is 15.3. The van der Waals surface area contributed by atoms with E-state index in [1.54, 1.807) is 22.8 Å². The number of sulfonamides is 1. The number of benzene rings is 1. The number of carbonyl (C=O) groups excluding carboxylic acids is 1. The van der Waals surface area contributed by atoms with Crippen LogP contribution in [0, 0.1) is 19.8 Å². The van der Waals surface area contributed by atoms with Crippen molar-refractivity contribution in [1.82, 2.24) is 19.4 Å². The first kappa shape index (κ1) is 23.0. The molecule has 7 nitrogen and oxygen atoms in total. The average molecular weight is 459 g/mol. The monoisotopic (exact) mass is 458 g/mol. The lowest BCUT2D eigenvalue weighted by atomic mass is 9.88. The predicted molar refractivity (Wildman–Crippen MR) is 124 cm³/mol. The molecule has 2 heterocycles. The van der Waals surface area contributed by atoms with Gasteiger partial charge in [-0.1, -0.05) is 31.2 Å². The summed E-state index contributed by atoms with van der Waals surface area (Å²) in [5.41, 5.74) is 3.63. The Morgan fingerprint density at radius 2 is 1.88 bits per heavy atom. The van der Waals surface area contributed by atoms with Gasteiger partial charge in [0, 0.05) is 19.5 Å². The van der Waals surface area contributed by atoms with Crippen molar-refractivity contribution in [2.45, 2.75) is 76.8 Å². The summed E-state index contributed by atoms with van der Waals surface area (Å²) in [6, 6.07) is 8.34. The van der Waals surface area contributed by atoms with E-state index in [2.05, 4.69) is 29.5 Å². The number of nitrogens with one attached hydrogen (secondary N) is 1. The molecular weight excluding hydrogens is 424 g/mol. The third kappa shape index (κ3) is 4.62. The molecule has 0 radical (unpaired) electrons. The van der Waals surface area contributed by atoms with E-state index < -0.39 is 10.0 Å². The molecule has 1 aliphatic heterocycles. The van der Waals surface area contributed by atoms with Gasteiger partial charge in [0.05, 0.1) is 24.0 Å². The Labute approximate surface area is 191 Å². The second-order valence-electron chi connectivity index (χ2n) is 9.27. The van der Waals surface area contributed by atoms with Crippen LogP contribution in [0.4, 0.5) is 0 Å². The Bertz CT molecular complexity index is 1080. The average Bonchev–Trinajstić information content (AvgIpc) is 3.06. The van der Waals surface area contributed by atoms with Crippen LogP contribution in [0.15, 0.2) is 29.2 Å². The summed E-state index contributed by atoms with van der Waals surface area (Å²) in [6.45, 7) is 7.16. The minimum atomic E-state index is -3.57. The second kappa shape index (κ2) is 9.35. The van der Waals surface area contributed by atoms with Gasteiger partial charge in [-0.15, -0.1) is 0 Å². The van der Waals surface area contributed by atoms with E-state index in [4.69, 9.17) is 0 Å². The lowest BCUT2D eigenvalue weighted by Crippen LogP contribution is -2.38. The Morgan fingerprint density at radius 3 is 2.62 bits per heavy atom. The summed E-state index contributed by atoms with van der Waals surface area (Å²) < 4.78 is 29.8. The predicted octanol–water partition coefficient (Wildman–Crippen LogP) is 3.50. The maximum Gasteiger partial charge on any atom is 0.246 e. The summed E-state index contributed by atoms with van der Waals surface area (Å²) in [5, 5.41) is 7.64. The first-order valence-electron chi connectivity index (χ1n) is 11.7. The number of rotatable bonds is 6. The zero-order valence-corrected chi connectivity index (χ0v) is 20.1. The topological polar surface area (TPSA) is 84.3 Å². The number of aromatic nitrogens is 2. The third-order valence-electron chi connectivity index (χ3n) is 6.91. The molecule has 1 aromatic heterocycles. The largest absolute Gasteiger partial charge is 0.349 e. The van der Waals surface area contributed by atoms with Crippen molar-refractivity contribution in [1.29, 1.82) is 0 Å². The summed E-state index contributed by atoms with van der Waals surface area (Å²) in [7, 11) is -3.57. The number of fused-ring (bicyclic) bond motifs is 1. The number of amides is 1. The molecule has 1 N–H and O–H groups in total. The van der Waals surface area contributed by atoms with E-state index in [0.717, 1.165) is 32.1 Å². The molecule has 174 valence electrons. The van der Waals surface area contributed by atoms with Crippen LogP contribution in [0.1, 0.15) is 67.6 Å². The van der Waals surface area contributed by atoms with E-state index in [1.165, 1.54) is 11.1 Å². The zero-order chi connectivity index (χ0) is 22.9. The highest BCUT2D eigenvalue weighted by atomic mass is 32.2. The molecule has 1 aromatic carbocycles. The van der Waals surface area contributed by atoms with Crippen LogP contribution < -0.4 is 5.32 Å². The van der Waals surface area contributed by atoms with E-state index >= 15 is 0 Å². The zero-order valence-electron chi connectivity index (χ0n) is 19.3. The Kier molecular flexibility index (Phi) is 6.72. The number of hydrogen-bond acceptors (Lipinski definition) is 4. The van der Waals surface area contributed by atoms with Crippen molar-refractivity contribution < 1.29 is 13.2 Å². The Balaban J connectivity index is 1.42. The third-order valence-corrected chi connectivity index (χ3v) is 9.06. The van der Waals surface area contributed by atoms with Crippen LogP contribution in [0.5, 0.6) is 0 Å². The van der Waals surface area contributed by atoms with Crippen molar-refractivity contribution in [3.05, 3.63) is 46.8 Å². The van der Waals surface area contributed by atoms with Crippen LogP contribution in [-0.2, 0) is 27.8 Å². The molecule has 0 saturated carbocycles. The van der Waals surface area contributed by atoms with E-state index in [1.807, 2.05) is 12.1 Å². The standard InChI is InChI=1S/C24H34N4O3S/c1-17-11-14-27(15-12-17)32(30,31)24-18(2)26-28(19(24)3)16-13-23(29)25-22-10-6-8-20-7-4-5-9-21(20)22/h4-5,7,9,17,22H,6,8,10-16H2,1-3H3,(H,25,29)/t22-/m1/s1. The maximum atomic E-state index is 13.3. The first-order valence-corrected chi connectivity index (χ1v) is 13.1. The van der Waals surface area contributed by atoms with Crippen LogP contribution in [-0.4, -0.2) is 41.5 Å². The summed E-state index contributed by atoms with van der Waals surface area (Å²) in [5.74, 6) is 0.523. The van der Waals surface area contributed by atoms with Gasteiger partial charge in [0.15, 0.2) is 0 Å². The van der Waals surface area contributed by atoms with Crippen LogP contribution in [0.25, 0.3) is 0 Å². The molecule has 1 fully saturated rings. The summed E-state index contributed by atoms with van der Waals surface area (Å²) in [4.78, 5) is 13.0. The number of piperidine rings is 1. The smallest absolute Gasteiger partial charge is 0.246 e. The van der Waals surface area contributed by atoms with Crippen LogP contribution >= 0.6 is 0 Å². The van der Waals surface area contributed by atoms with Gasteiger partial charge in [0.1, 0.15) is 4.90 Å². The number of nitrogens with zero attached hydrogens (tertiary/aromatic N) is 3. The quantitative estimate of drug-likeness (QED) is 0.718. The Morgan fingerprint density at radius 1 is 1.16 bits per heavy atom. The SMILES string of the molecule is Cc1nn(CCC(=O)N[C@@H]2CCCc3ccccc32)c(C)c1S(=O)(=O)N1CCC(C)CC1. The van der Waals surface area contributed by atoms with Crippen molar-refractivity contribution in [3.63, 3.8) is 0 Å². The number of aryl methyl sites for hydroxylation is 3. The molecule has 8 heteroatoms. The van der Waals surface area contributed by atoms with Gasteiger partial charge in [-0.05, 0) is 63.0 Å². The van der Waals surface area contributed by atoms with Gasteiger partial charge < -0.3 is 5.32 Å². The molecule has 1 atom stereocenters. The molecule has 1 aliphatic carbocycles. The van der Waals surface area contributed by atoms with Gasteiger partial charge in [-0.3, -0.25) is 9.48 Å². The molecule has 1 saturated heterocycles. The molecule has 2 aliphatic rings. The van der Waals surface area contributed by atoms with E-state index in [0.29, 0.717) is 41.8 Å². The van der Waals surface area contributed by atoms with Crippen molar-refractivity contribution in [3.8, 4) is 0 Å². The molecular formula is C24H34N4O3S. The normalized spacial score (nSPS) is 20.2. The second-order valence-corrected chi connectivity index (χ2v) is 11.1. The number of hydrogen-bond donors (Lipinski definition) is 1. The van der Waals surface area contributed by atoms with Gasteiger partial charge >= 0.3 is 0 Å². The molecule has 0 bridgehead atoms. The molecule has 0 spiro atoms. The highest BCUT2D eigenvalue weighted by molar-refractivity contribution is 7.89. The fourth-order valence-electron chi connectivity index (χ4n) is 5.00. The van der Waals surface area contributed by atoms with Crippen molar-refractivity contribution >= 4 is 15.9 Å². The Hall–Kier alpha value is -2.19. The minimum absolute atomic E-state index is 0.0336. The molecule has 32 heavy (non-hydrogen) atoms. The van der Waals surface area contributed by atoms with Gasteiger partial charge in [-0.2, -0.15) is 9.40 Å². The lowest BCUT2D eigenvalue weighted by molar-refractivity contribution is -0.122. The molecule has 0 unspecified atom stereocenters. The van der Waals surface area contributed by atoms with Crippen LogP contribution in [0.3, 0.4) is 0 Å². The molecule has 4 rings (SSSR count). The van der Waals surface area contributed by atoms with Gasteiger partial charge in [-0.25, -0.2) is 8.42 Å². The molecule has 2 aromatic rings. The highest BCUT2D eigenvalue weighted by Gasteiger charge is 2.33. The fraction of sp³-hybridized carbons (Fsp3) is 0.583. The van der Waals surface area contributed by atoms with Crippen LogP contribution in [0.2, 0.25) is 0 Å². The molecule has 1 amide bonds.